The Morgan fingerprint density at radius 3 is 2.34 bits per heavy atom. The van der Waals surface area contributed by atoms with E-state index in [1.54, 1.807) is 57.4 Å². The quantitative estimate of drug-likeness (QED) is 0.685. The van der Waals surface area contributed by atoms with Gasteiger partial charge < -0.3 is 25.0 Å². The number of nitrogens with one attached hydrogen (secondary N) is 2. The number of ether oxygens (including phenoxy) is 2. The van der Waals surface area contributed by atoms with E-state index in [2.05, 4.69) is 10.6 Å². The first-order chi connectivity index (χ1) is 13.8. The Labute approximate surface area is 175 Å². The molecule has 2 rings (SSSR count). The van der Waals surface area contributed by atoms with Crippen molar-refractivity contribution in [2.24, 2.45) is 0 Å². The van der Waals surface area contributed by atoms with E-state index in [0.717, 1.165) is 5.56 Å². The molecule has 0 bridgehead atoms. The Bertz CT molecular complexity index is 842. The fraction of sp³-hybridized carbons (Fsp3) is 0.333. The first kappa shape index (κ1) is 22.4. The molecule has 0 aliphatic rings. The van der Waals surface area contributed by atoms with Crippen molar-refractivity contribution in [3.05, 3.63) is 53.1 Å². The summed E-state index contributed by atoms with van der Waals surface area (Å²) in [6.07, 6.45) is 0.645. The monoisotopic (exact) mass is 419 g/mol. The summed E-state index contributed by atoms with van der Waals surface area (Å²) in [4.78, 5) is 26.2. The molecular formula is C21H26ClN3O4. The Morgan fingerprint density at radius 1 is 1.07 bits per heavy atom. The van der Waals surface area contributed by atoms with Crippen molar-refractivity contribution in [2.75, 3.05) is 33.1 Å². The maximum absolute atomic E-state index is 12.5. The van der Waals surface area contributed by atoms with Gasteiger partial charge in [0.15, 0.2) is 11.5 Å². The SMILES string of the molecule is COc1ccc(CCN(C)C(=O)C(C)NC(=O)Nc2ccc(Cl)cc2)cc1OC. The summed E-state index contributed by atoms with van der Waals surface area (Å²) in [6, 6.07) is 11.2. The van der Waals surface area contributed by atoms with Crippen molar-refractivity contribution in [3.8, 4) is 11.5 Å². The zero-order valence-electron chi connectivity index (χ0n) is 17.0. The van der Waals surface area contributed by atoms with E-state index < -0.39 is 12.1 Å². The summed E-state index contributed by atoms with van der Waals surface area (Å²) in [5, 5.41) is 5.89. The van der Waals surface area contributed by atoms with E-state index in [1.165, 1.54) is 0 Å². The van der Waals surface area contributed by atoms with Gasteiger partial charge in [-0.3, -0.25) is 4.79 Å². The molecule has 2 aromatic carbocycles. The smallest absolute Gasteiger partial charge is 0.319 e. The van der Waals surface area contributed by atoms with Crippen molar-refractivity contribution < 1.29 is 19.1 Å². The minimum absolute atomic E-state index is 0.184. The molecule has 0 saturated heterocycles. The molecule has 156 valence electrons. The zero-order valence-corrected chi connectivity index (χ0v) is 17.7. The van der Waals surface area contributed by atoms with E-state index in [1.807, 2.05) is 18.2 Å². The second-order valence-corrected chi connectivity index (χ2v) is 6.96. The van der Waals surface area contributed by atoms with Gasteiger partial charge in [-0.1, -0.05) is 17.7 Å². The lowest BCUT2D eigenvalue weighted by Gasteiger charge is -2.22. The fourth-order valence-electron chi connectivity index (χ4n) is 2.73. The van der Waals surface area contributed by atoms with Crippen LogP contribution in [0.3, 0.4) is 0 Å². The van der Waals surface area contributed by atoms with E-state index in [0.29, 0.717) is 35.2 Å². The number of halogens is 1. The highest BCUT2D eigenvalue weighted by atomic mass is 35.5. The molecule has 0 radical (unpaired) electrons. The number of carbonyl (C=O) groups is 2. The molecule has 3 amide bonds. The third-order valence-corrected chi connectivity index (χ3v) is 4.63. The van der Waals surface area contributed by atoms with E-state index in [-0.39, 0.29) is 5.91 Å². The van der Waals surface area contributed by atoms with Crippen LogP contribution in [0.4, 0.5) is 10.5 Å². The van der Waals surface area contributed by atoms with Gasteiger partial charge in [0.25, 0.3) is 0 Å². The molecule has 0 heterocycles. The highest BCUT2D eigenvalue weighted by Gasteiger charge is 2.19. The number of hydrogen-bond acceptors (Lipinski definition) is 4. The van der Waals surface area contributed by atoms with Gasteiger partial charge in [-0.25, -0.2) is 4.79 Å². The van der Waals surface area contributed by atoms with Gasteiger partial charge in [0, 0.05) is 24.3 Å². The minimum atomic E-state index is -0.669. The van der Waals surface area contributed by atoms with E-state index in [4.69, 9.17) is 21.1 Å². The lowest BCUT2D eigenvalue weighted by atomic mass is 10.1. The van der Waals surface area contributed by atoms with Crippen molar-refractivity contribution in [2.45, 2.75) is 19.4 Å². The lowest BCUT2D eigenvalue weighted by Crippen LogP contribution is -2.47. The van der Waals surface area contributed by atoms with Crippen LogP contribution >= 0.6 is 11.6 Å². The molecule has 0 aromatic heterocycles. The van der Waals surface area contributed by atoms with Gasteiger partial charge in [-0.05, 0) is 55.3 Å². The highest BCUT2D eigenvalue weighted by molar-refractivity contribution is 6.30. The van der Waals surface area contributed by atoms with Crippen LogP contribution in [0.15, 0.2) is 42.5 Å². The van der Waals surface area contributed by atoms with Crippen LogP contribution < -0.4 is 20.1 Å². The number of hydrogen-bond donors (Lipinski definition) is 2. The average molecular weight is 420 g/mol. The van der Waals surface area contributed by atoms with Crippen LogP contribution in [-0.2, 0) is 11.2 Å². The number of rotatable bonds is 8. The van der Waals surface area contributed by atoms with Crippen molar-refractivity contribution >= 4 is 29.2 Å². The van der Waals surface area contributed by atoms with Gasteiger partial charge in [0.2, 0.25) is 5.91 Å². The van der Waals surface area contributed by atoms with Crippen LogP contribution in [0.25, 0.3) is 0 Å². The maximum atomic E-state index is 12.5. The number of likely N-dealkylation sites (N-methyl/N-ethyl adjacent to an activating group) is 1. The molecule has 0 saturated carbocycles. The van der Waals surface area contributed by atoms with Gasteiger partial charge in [-0.2, -0.15) is 0 Å². The minimum Gasteiger partial charge on any atom is -0.493 e. The summed E-state index contributed by atoms with van der Waals surface area (Å²) in [6.45, 7) is 2.15. The molecule has 1 unspecified atom stereocenters. The molecule has 2 N–H and O–H groups in total. The van der Waals surface area contributed by atoms with Crippen molar-refractivity contribution in [1.29, 1.82) is 0 Å². The fourth-order valence-corrected chi connectivity index (χ4v) is 2.86. The predicted octanol–water partition coefficient (Wildman–Crippen LogP) is 3.57. The largest absolute Gasteiger partial charge is 0.493 e. The van der Waals surface area contributed by atoms with E-state index >= 15 is 0 Å². The molecule has 0 spiro atoms. The number of nitrogens with zero attached hydrogens (tertiary/aromatic N) is 1. The number of carbonyl (C=O) groups excluding carboxylic acids is 2. The Morgan fingerprint density at radius 2 is 1.72 bits per heavy atom. The number of amides is 3. The number of anilines is 1. The summed E-state index contributed by atoms with van der Waals surface area (Å²) in [7, 11) is 4.87. The number of methoxy groups -OCH3 is 2. The van der Waals surface area contributed by atoms with E-state index in [9.17, 15) is 9.59 Å². The Balaban J connectivity index is 1.85. The second-order valence-electron chi connectivity index (χ2n) is 6.53. The summed E-state index contributed by atoms with van der Waals surface area (Å²) < 4.78 is 10.5. The predicted molar refractivity (Wildman–Crippen MR) is 114 cm³/mol. The summed E-state index contributed by atoms with van der Waals surface area (Å²) >= 11 is 5.82. The molecule has 2 aromatic rings. The molecule has 7 nitrogen and oxygen atoms in total. The Kier molecular flexibility index (Phi) is 8.15. The van der Waals surface area contributed by atoms with Gasteiger partial charge in [-0.15, -0.1) is 0 Å². The van der Waals surface area contributed by atoms with Gasteiger partial charge in [0.1, 0.15) is 6.04 Å². The number of urea groups is 1. The highest BCUT2D eigenvalue weighted by Crippen LogP contribution is 2.27. The molecule has 0 fully saturated rings. The van der Waals surface area contributed by atoms with Crippen LogP contribution in [0.1, 0.15) is 12.5 Å². The van der Waals surface area contributed by atoms with Crippen LogP contribution in [-0.4, -0.2) is 50.7 Å². The van der Waals surface area contributed by atoms with Gasteiger partial charge >= 0.3 is 6.03 Å². The molecule has 0 aliphatic carbocycles. The summed E-state index contributed by atoms with van der Waals surface area (Å²) in [5.74, 6) is 1.12. The van der Waals surface area contributed by atoms with Crippen molar-refractivity contribution in [3.63, 3.8) is 0 Å². The van der Waals surface area contributed by atoms with Crippen LogP contribution in [0.2, 0.25) is 5.02 Å². The molecule has 1 atom stereocenters. The standard InChI is InChI=1S/C21H26ClN3O4/c1-14(23-21(27)24-17-8-6-16(22)7-9-17)20(26)25(2)12-11-15-5-10-18(28-3)19(13-15)29-4/h5-10,13-14H,11-12H2,1-4H3,(H2,23,24,27). The number of benzene rings is 2. The Hall–Kier alpha value is -2.93. The maximum Gasteiger partial charge on any atom is 0.319 e. The first-order valence-corrected chi connectivity index (χ1v) is 9.50. The molecule has 0 aliphatic heterocycles. The topological polar surface area (TPSA) is 79.9 Å². The summed E-state index contributed by atoms with van der Waals surface area (Å²) in [5.41, 5.74) is 1.61. The lowest BCUT2D eigenvalue weighted by molar-refractivity contribution is -0.131. The van der Waals surface area contributed by atoms with Gasteiger partial charge in [0.05, 0.1) is 14.2 Å². The molecule has 8 heteroatoms. The first-order valence-electron chi connectivity index (χ1n) is 9.13. The molecular weight excluding hydrogens is 394 g/mol. The second kappa shape index (κ2) is 10.6. The zero-order chi connectivity index (χ0) is 21.4. The van der Waals surface area contributed by atoms with Crippen LogP contribution in [0.5, 0.6) is 11.5 Å². The normalized spacial score (nSPS) is 11.3. The molecule has 29 heavy (non-hydrogen) atoms. The average Bonchev–Trinajstić information content (AvgIpc) is 2.72. The third kappa shape index (κ3) is 6.57. The third-order valence-electron chi connectivity index (χ3n) is 4.38. The van der Waals surface area contributed by atoms with Crippen LogP contribution in [0, 0.1) is 0 Å². The van der Waals surface area contributed by atoms with Crippen molar-refractivity contribution in [1.82, 2.24) is 10.2 Å².